The van der Waals surface area contributed by atoms with Crippen molar-refractivity contribution in [2.24, 2.45) is 5.92 Å². The number of anilines is 2. The van der Waals surface area contributed by atoms with E-state index in [-0.39, 0.29) is 59.5 Å². The van der Waals surface area contributed by atoms with Crippen molar-refractivity contribution in [1.82, 2.24) is 0 Å². The van der Waals surface area contributed by atoms with Gasteiger partial charge in [0, 0.05) is 0 Å². The first-order chi connectivity index (χ1) is 11.6. The number of benzene rings is 2. The van der Waals surface area contributed by atoms with Gasteiger partial charge in [-0.3, -0.25) is 9.59 Å². The van der Waals surface area contributed by atoms with E-state index in [0.29, 0.717) is 17.8 Å². The van der Waals surface area contributed by atoms with Gasteiger partial charge in [0.2, 0.25) is 0 Å². The summed E-state index contributed by atoms with van der Waals surface area (Å²) in [5, 5.41) is 12.3. The number of aromatic hydroxyl groups is 1. The Morgan fingerprint density at radius 2 is 1.38 bits per heavy atom. The van der Waals surface area contributed by atoms with Gasteiger partial charge in [0.1, 0.15) is 11.7 Å². The van der Waals surface area contributed by atoms with Gasteiger partial charge in [0.25, 0.3) is 11.8 Å². The molecule has 1 unspecified atom stereocenters. The van der Waals surface area contributed by atoms with Crippen molar-refractivity contribution in [2.45, 2.75) is 26.2 Å². The van der Waals surface area contributed by atoms with E-state index in [0.717, 1.165) is 12.8 Å². The van der Waals surface area contributed by atoms with Crippen LogP contribution < -0.4 is 52.0 Å². The molecular formula is C19H20ClN2NaO3. The van der Waals surface area contributed by atoms with E-state index in [1.165, 1.54) is 22.2 Å². The predicted octanol–water partition coefficient (Wildman–Crippen LogP) is -2.50. The molecule has 0 spiro atoms. The summed E-state index contributed by atoms with van der Waals surface area (Å²) in [6.45, 7) is 2.04. The Hall–Kier alpha value is -1.53. The molecule has 26 heavy (non-hydrogen) atoms. The second kappa shape index (κ2) is 9.97. The number of phenolic OH excluding ortho intramolecular Hbond substituents is 1. The van der Waals surface area contributed by atoms with E-state index in [9.17, 15) is 14.7 Å². The minimum absolute atomic E-state index is 0. The number of halogens is 1. The number of hydrazine groups is 1. The van der Waals surface area contributed by atoms with Crippen LogP contribution in [0, 0.1) is 5.92 Å². The summed E-state index contributed by atoms with van der Waals surface area (Å²) in [4.78, 5) is 25.8. The summed E-state index contributed by atoms with van der Waals surface area (Å²) in [7, 11) is 0. The zero-order valence-corrected chi connectivity index (χ0v) is 17.7. The number of phenols is 1. The molecule has 0 radical (unpaired) electrons. The number of nitrogens with zero attached hydrogens (tertiary/aromatic N) is 2. The first kappa shape index (κ1) is 22.5. The van der Waals surface area contributed by atoms with Crippen LogP contribution in [-0.2, 0) is 9.59 Å². The van der Waals surface area contributed by atoms with Crippen molar-refractivity contribution in [1.29, 1.82) is 0 Å². The zero-order valence-electron chi connectivity index (χ0n) is 14.9. The molecule has 0 aliphatic carbocycles. The fourth-order valence-electron chi connectivity index (χ4n) is 2.90. The summed E-state index contributed by atoms with van der Waals surface area (Å²) in [5.74, 6) is -0.958. The number of hydrogen-bond donors (Lipinski definition) is 1. The molecule has 2 amide bonds. The summed E-state index contributed by atoms with van der Waals surface area (Å²) in [6.07, 6.45) is 2.31. The molecule has 1 aliphatic heterocycles. The van der Waals surface area contributed by atoms with E-state index >= 15 is 0 Å². The van der Waals surface area contributed by atoms with Crippen molar-refractivity contribution in [3.8, 4) is 5.75 Å². The van der Waals surface area contributed by atoms with Crippen LogP contribution in [0.5, 0.6) is 5.75 Å². The molecule has 1 saturated heterocycles. The standard InChI is InChI=1S/C19H20N2O3.ClH.Na/c1-2-3-9-17-18(23)20(14-7-5-4-6-8-14)21(19(17)24)15-10-12-16(22)13-11-15;;/h4-8,10-13,17,22H,2-3,9H2,1H3;1H;/q;;+1/p-1. The largest absolute Gasteiger partial charge is 1.00 e. The van der Waals surface area contributed by atoms with E-state index in [1.807, 2.05) is 25.1 Å². The van der Waals surface area contributed by atoms with Crippen LogP contribution in [0.2, 0.25) is 0 Å². The Labute approximate surface area is 181 Å². The van der Waals surface area contributed by atoms with Gasteiger partial charge in [0.05, 0.1) is 11.4 Å². The van der Waals surface area contributed by atoms with E-state index in [1.54, 1.807) is 24.3 Å². The maximum atomic E-state index is 12.9. The summed E-state index contributed by atoms with van der Waals surface area (Å²) in [6, 6.07) is 15.4. The van der Waals surface area contributed by atoms with Gasteiger partial charge in [-0.1, -0.05) is 38.0 Å². The molecular weight excluding hydrogens is 363 g/mol. The quantitative estimate of drug-likeness (QED) is 0.459. The van der Waals surface area contributed by atoms with Gasteiger partial charge in [-0.25, -0.2) is 10.0 Å². The molecule has 132 valence electrons. The maximum Gasteiger partial charge on any atom is 1.00 e. The molecule has 0 saturated carbocycles. The number of carbonyl (C=O) groups excluding carboxylic acids is 2. The fraction of sp³-hybridized carbons (Fsp3) is 0.263. The average Bonchev–Trinajstić information content (AvgIpc) is 2.85. The van der Waals surface area contributed by atoms with Crippen molar-refractivity contribution in [2.75, 3.05) is 10.0 Å². The van der Waals surface area contributed by atoms with Gasteiger partial charge in [0.15, 0.2) is 0 Å². The molecule has 3 rings (SSSR count). The van der Waals surface area contributed by atoms with Gasteiger partial charge in [-0.05, 0) is 42.8 Å². The van der Waals surface area contributed by atoms with Crippen LogP contribution in [0.1, 0.15) is 26.2 Å². The Morgan fingerprint density at radius 3 is 1.88 bits per heavy atom. The SMILES string of the molecule is CCCCC1C(=O)N(c2ccccc2)N(c2ccc(O)cc2)C1=O.[Cl-].[Na+]. The van der Waals surface area contributed by atoms with Crippen LogP contribution in [0.3, 0.4) is 0 Å². The third-order valence-corrected chi connectivity index (χ3v) is 4.16. The molecule has 7 heteroatoms. The molecule has 1 aliphatic rings. The van der Waals surface area contributed by atoms with Crippen LogP contribution >= 0.6 is 0 Å². The number of unbranched alkanes of at least 4 members (excludes halogenated alkanes) is 1. The maximum absolute atomic E-state index is 12.9. The van der Waals surface area contributed by atoms with Gasteiger partial charge < -0.3 is 17.5 Å². The minimum atomic E-state index is -0.654. The van der Waals surface area contributed by atoms with Crippen molar-refractivity contribution in [3.63, 3.8) is 0 Å². The van der Waals surface area contributed by atoms with Crippen LogP contribution in [0.15, 0.2) is 54.6 Å². The monoisotopic (exact) mass is 382 g/mol. The van der Waals surface area contributed by atoms with Crippen molar-refractivity contribution in [3.05, 3.63) is 54.6 Å². The average molecular weight is 383 g/mol. The van der Waals surface area contributed by atoms with Crippen LogP contribution in [0.4, 0.5) is 11.4 Å². The first-order valence-corrected chi connectivity index (χ1v) is 8.15. The Bertz CT molecular complexity index is 740. The van der Waals surface area contributed by atoms with Gasteiger partial charge in [-0.2, -0.15) is 0 Å². The van der Waals surface area contributed by atoms with Crippen molar-refractivity contribution < 1.29 is 56.7 Å². The Kier molecular flexibility index (Phi) is 8.63. The molecule has 0 bridgehead atoms. The number of carbonyl (C=O) groups is 2. The van der Waals surface area contributed by atoms with Crippen LogP contribution in [-0.4, -0.2) is 16.9 Å². The summed E-state index contributed by atoms with van der Waals surface area (Å²) >= 11 is 0. The normalized spacial score (nSPS) is 16.3. The number of hydrogen-bond acceptors (Lipinski definition) is 3. The minimum Gasteiger partial charge on any atom is -1.00 e. The summed E-state index contributed by atoms with van der Waals surface area (Å²) in [5.41, 5.74) is 1.22. The van der Waals surface area contributed by atoms with Crippen LogP contribution in [0.25, 0.3) is 0 Å². The van der Waals surface area contributed by atoms with Gasteiger partial charge >= 0.3 is 29.6 Å². The molecule has 1 N–H and O–H groups in total. The molecule has 1 atom stereocenters. The van der Waals surface area contributed by atoms with E-state index < -0.39 is 5.92 Å². The van der Waals surface area contributed by atoms with E-state index in [2.05, 4.69) is 0 Å². The number of rotatable bonds is 5. The Balaban J connectivity index is 0.00000169. The molecule has 0 aromatic heterocycles. The van der Waals surface area contributed by atoms with Crippen molar-refractivity contribution >= 4 is 23.2 Å². The first-order valence-electron chi connectivity index (χ1n) is 8.15. The molecule has 1 fully saturated rings. The topological polar surface area (TPSA) is 60.9 Å². The molecule has 2 aromatic carbocycles. The third-order valence-electron chi connectivity index (χ3n) is 4.16. The molecule has 1 heterocycles. The fourth-order valence-corrected chi connectivity index (χ4v) is 2.90. The predicted molar refractivity (Wildman–Crippen MR) is 92.5 cm³/mol. The molecule has 5 nitrogen and oxygen atoms in total. The second-order valence-corrected chi connectivity index (χ2v) is 5.85. The van der Waals surface area contributed by atoms with E-state index in [4.69, 9.17) is 0 Å². The number of para-hydroxylation sites is 1. The number of amides is 2. The molecule has 2 aromatic rings. The summed E-state index contributed by atoms with van der Waals surface area (Å²) < 4.78 is 0. The third kappa shape index (κ3) is 4.41. The Morgan fingerprint density at radius 1 is 0.885 bits per heavy atom. The second-order valence-electron chi connectivity index (χ2n) is 5.85. The van der Waals surface area contributed by atoms with Gasteiger partial charge in [-0.15, -0.1) is 0 Å². The zero-order chi connectivity index (χ0) is 17.1. The smallest absolute Gasteiger partial charge is 1.00 e.